The lowest BCUT2D eigenvalue weighted by molar-refractivity contribution is 0.135. The summed E-state index contributed by atoms with van der Waals surface area (Å²) in [4.78, 5) is 13.2. The first kappa shape index (κ1) is 22.3. The van der Waals surface area contributed by atoms with Crippen LogP contribution < -0.4 is 5.32 Å². The van der Waals surface area contributed by atoms with Crippen molar-refractivity contribution in [1.29, 1.82) is 0 Å². The first-order valence-corrected chi connectivity index (χ1v) is 11.3. The highest BCUT2D eigenvalue weighted by atomic mass is 19.3. The Morgan fingerprint density at radius 2 is 1.97 bits per heavy atom. The SMILES string of the molecule is CC1CCCCC1.CNc1ncc2c(-c3ccc4c(n3)C(CC(F)F)C(C)=N4)ccn2n1.[HH]. The summed E-state index contributed by atoms with van der Waals surface area (Å²) in [5, 5.41) is 7.21. The molecule has 172 valence electrons. The van der Waals surface area contributed by atoms with E-state index in [2.05, 4.69) is 32.3 Å². The predicted octanol–water partition coefficient (Wildman–Crippen LogP) is 6.51. The average Bonchev–Trinajstić information content (AvgIpc) is 3.34. The highest BCUT2D eigenvalue weighted by molar-refractivity contribution is 5.96. The molecule has 5 rings (SSSR count). The normalized spacial score (nSPS) is 18.3. The van der Waals surface area contributed by atoms with Crippen LogP contribution in [0.4, 0.5) is 20.4 Å². The number of aromatic nitrogens is 4. The molecule has 0 amide bonds. The van der Waals surface area contributed by atoms with E-state index in [0.29, 0.717) is 28.7 Å². The van der Waals surface area contributed by atoms with E-state index in [1.807, 2.05) is 24.4 Å². The van der Waals surface area contributed by atoms with Crippen LogP contribution in [0.3, 0.4) is 0 Å². The zero-order valence-corrected chi connectivity index (χ0v) is 18.9. The Bertz CT molecular complexity index is 1110. The maximum Gasteiger partial charge on any atom is 0.240 e. The summed E-state index contributed by atoms with van der Waals surface area (Å²) in [5.74, 6) is 1.11. The van der Waals surface area contributed by atoms with E-state index in [1.165, 1.54) is 32.1 Å². The predicted molar refractivity (Wildman–Crippen MR) is 126 cm³/mol. The van der Waals surface area contributed by atoms with Crippen LogP contribution >= 0.6 is 0 Å². The van der Waals surface area contributed by atoms with Crippen molar-refractivity contribution in [3.63, 3.8) is 0 Å². The number of aliphatic imine (C=N–C) groups is 1. The van der Waals surface area contributed by atoms with Crippen LogP contribution in [0.1, 0.15) is 65.4 Å². The highest BCUT2D eigenvalue weighted by Crippen LogP contribution is 2.39. The molecular weight excluding hydrogens is 410 g/mol. The minimum Gasteiger partial charge on any atom is -0.356 e. The second-order valence-electron chi connectivity index (χ2n) is 8.67. The highest BCUT2D eigenvalue weighted by Gasteiger charge is 2.29. The van der Waals surface area contributed by atoms with E-state index >= 15 is 0 Å². The van der Waals surface area contributed by atoms with Crippen LogP contribution in [0, 0.1) is 5.92 Å². The van der Waals surface area contributed by atoms with Crippen LogP contribution in [0.15, 0.2) is 35.6 Å². The lowest BCUT2D eigenvalue weighted by Gasteiger charge is -2.15. The van der Waals surface area contributed by atoms with E-state index < -0.39 is 12.3 Å². The van der Waals surface area contributed by atoms with Crippen molar-refractivity contribution >= 4 is 22.9 Å². The fourth-order valence-corrected chi connectivity index (χ4v) is 4.43. The standard InChI is InChI=1S/C17H16F2N6.C7H14.H2/c1-9-11(7-15(18)19)16-13(22-9)4-3-12(23-16)10-5-6-25-14(10)8-21-17(20-2)24-25;1-7-5-3-2-4-6-7;/h3-6,8,11,15H,7H2,1-2H3,(H,20,24);7H,2-6H2,1H3;1H. The quantitative estimate of drug-likeness (QED) is 0.500. The van der Waals surface area contributed by atoms with Gasteiger partial charge in [-0.2, -0.15) is 0 Å². The molecule has 1 fully saturated rings. The zero-order valence-electron chi connectivity index (χ0n) is 18.9. The summed E-state index contributed by atoms with van der Waals surface area (Å²) in [6, 6.07) is 5.57. The second-order valence-corrected chi connectivity index (χ2v) is 8.67. The fourth-order valence-electron chi connectivity index (χ4n) is 4.43. The summed E-state index contributed by atoms with van der Waals surface area (Å²) in [6.45, 7) is 4.13. The third-order valence-electron chi connectivity index (χ3n) is 6.26. The van der Waals surface area contributed by atoms with E-state index in [9.17, 15) is 8.78 Å². The molecular formula is C24H32F2N6. The molecule has 32 heavy (non-hydrogen) atoms. The molecule has 0 radical (unpaired) electrons. The topological polar surface area (TPSA) is 67.5 Å². The Kier molecular flexibility index (Phi) is 6.77. The average molecular weight is 443 g/mol. The Morgan fingerprint density at radius 3 is 2.62 bits per heavy atom. The molecule has 1 atom stereocenters. The van der Waals surface area contributed by atoms with Gasteiger partial charge in [0.05, 0.1) is 28.8 Å². The van der Waals surface area contributed by atoms with Gasteiger partial charge >= 0.3 is 0 Å². The van der Waals surface area contributed by atoms with E-state index in [0.717, 1.165) is 17.0 Å². The van der Waals surface area contributed by atoms with Crippen molar-refractivity contribution in [1.82, 2.24) is 19.6 Å². The monoisotopic (exact) mass is 442 g/mol. The largest absolute Gasteiger partial charge is 0.356 e. The Labute approximate surface area is 188 Å². The number of rotatable bonds is 4. The van der Waals surface area contributed by atoms with Crippen molar-refractivity contribution in [2.24, 2.45) is 10.9 Å². The summed E-state index contributed by atoms with van der Waals surface area (Å²) in [7, 11) is 1.75. The van der Waals surface area contributed by atoms with Gasteiger partial charge in [-0.3, -0.25) is 4.99 Å². The summed E-state index contributed by atoms with van der Waals surface area (Å²) in [6.07, 6.45) is 8.31. The van der Waals surface area contributed by atoms with Gasteiger partial charge < -0.3 is 5.32 Å². The molecule has 0 saturated heterocycles. The maximum absolute atomic E-state index is 12.9. The van der Waals surface area contributed by atoms with Gasteiger partial charge in [0, 0.05) is 38.3 Å². The number of anilines is 1. The number of nitrogens with one attached hydrogen (secondary N) is 1. The molecule has 0 spiro atoms. The Morgan fingerprint density at radius 1 is 1.19 bits per heavy atom. The van der Waals surface area contributed by atoms with Crippen molar-refractivity contribution in [3.8, 4) is 11.3 Å². The summed E-state index contributed by atoms with van der Waals surface area (Å²) in [5.41, 5.74) is 4.32. The summed E-state index contributed by atoms with van der Waals surface area (Å²) >= 11 is 0. The first-order chi connectivity index (χ1) is 15.5. The fraction of sp³-hybridized carbons (Fsp3) is 0.500. The lowest BCUT2D eigenvalue weighted by Crippen LogP contribution is -2.10. The van der Waals surface area contributed by atoms with Crippen molar-refractivity contribution in [3.05, 3.63) is 36.3 Å². The minimum absolute atomic E-state index is 0. The molecule has 3 aromatic rings. The number of pyridine rings is 1. The van der Waals surface area contributed by atoms with Crippen molar-refractivity contribution < 1.29 is 10.2 Å². The van der Waals surface area contributed by atoms with Crippen LogP contribution in [0.2, 0.25) is 0 Å². The van der Waals surface area contributed by atoms with E-state index in [-0.39, 0.29) is 7.85 Å². The molecule has 0 bridgehead atoms. The smallest absolute Gasteiger partial charge is 0.240 e. The maximum atomic E-state index is 12.9. The third kappa shape index (κ3) is 4.79. The van der Waals surface area contributed by atoms with Crippen LogP contribution in [-0.2, 0) is 0 Å². The Balaban J connectivity index is 0.000000330. The zero-order chi connectivity index (χ0) is 22.7. The van der Waals surface area contributed by atoms with Gasteiger partial charge in [0.25, 0.3) is 0 Å². The van der Waals surface area contributed by atoms with Gasteiger partial charge in [0.15, 0.2) is 0 Å². The molecule has 1 unspecified atom stereocenters. The molecule has 6 nitrogen and oxygen atoms in total. The molecule has 2 aliphatic rings. The molecule has 0 aromatic carbocycles. The van der Waals surface area contributed by atoms with Crippen molar-refractivity contribution in [2.45, 2.75) is 64.7 Å². The third-order valence-corrected chi connectivity index (χ3v) is 6.26. The lowest BCUT2D eigenvalue weighted by atomic mass is 9.91. The molecule has 1 aliphatic heterocycles. The van der Waals surface area contributed by atoms with Gasteiger partial charge in [-0.25, -0.2) is 23.3 Å². The Hall–Kier alpha value is -2.90. The van der Waals surface area contributed by atoms with Gasteiger partial charge in [0.1, 0.15) is 0 Å². The molecule has 3 aromatic heterocycles. The van der Waals surface area contributed by atoms with Gasteiger partial charge in [-0.05, 0) is 31.0 Å². The minimum atomic E-state index is -2.39. The number of hydrogen-bond acceptors (Lipinski definition) is 5. The molecule has 1 aliphatic carbocycles. The number of hydrogen-bond donors (Lipinski definition) is 1. The second kappa shape index (κ2) is 9.71. The van der Waals surface area contributed by atoms with Gasteiger partial charge in [0.2, 0.25) is 12.4 Å². The van der Waals surface area contributed by atoms with Gasteiger partial charge in [-0.1, -0.05) is 39.0 Å². The number of halogens is 2. The van der Waals surface area contributed by atoms with E-state index in [1.54, 1.807) is 24.7 Å². The van der Waals surface area contributed by atoms with E-state index in [4.69, 9.17) is 0 Å². The van der Waals surface area contributed by atoms with Crippen molar-refractivity contribution in [2.75, 3.05) is 12.4 Å². The number of nitrogens with zero attached hydrogens (tertiary/aromatic N) is 5. The molecule has 8 heteroatoms. The molecule has 1 N–H and O–H groups in total. The summed E-state index contributed by atoms with van der Waals surface area (Å²) < 4.78 is 27.5. The van der Waals surface area contributed by atoms with Crippen LogP contribution in [0.25, 0.3) is 16.8 Å². The van der Waals surface area contributed by atoms with Crippen LogP contribution in [-0.4, -0.2) is 38.8 Å². The molecule has 4 heterocycles. The van der Waals surface area contributed by atoms with Gasteiger partial charge in [-0.15, -0.1) is 5.10 Å². The number of fused-ring (bicyclic) bond motifs is 2. The number of alkyl halides is 2. The molecule has 1 saturated carbocycles. The van der Waals surface area contributed by atoms with Crippen LogP contribution in [0.5, 0.6) is 0 Å². The first-order valence-electron chi connectivity index (χ1n) is 11.3.